The number of hydrogen-bond donors (Lipinski definition) is 2. The van der Waals surface area contributed by atoms with E-state index in [4.69, 9.17) is 10.8 Å². The summed E-state index contributed by atoms with van der Waals surface area (Å²) in [6.07, 6.45) is 1.44. The van der Waals surface area contributed by atoms with Gasteiger partial charge in [-0.2, -0.15) is 4.98 Å². The summed E-state index contributed by atoms with van der Waals surface area (Å²) in [5.41, 5.74) is 5.23. The molecule has 0 amide bonds. The Kier molecular flexibility index (Phi) is 2.55. The van der Waals surface area contributed by atoms with Gasteiger partial charge in [0.1, 0.15) is 0 Å². The van der Waals surface area contributed by atoms with Gasteiger partial charge in [0.2, 0.25) is 11.8 Å². The molecule has 0 unspecified atom stereocenters. The number of anilines is 1. The summed E-state index contributed by atoms with van der Waals surface area (Å²) in [6.45, 7) is 0. The van der Waals surface area contributed by atoms with E-state index in [-0.39, 0.29) is 22.9 Å². The second-order valence-corrected chi connectivity index (χ2v) is 1.57. The van der Waals surface area contributed by atoms with Crippen molar-refractivity contribution in [3.05, 3.63) is 6.20 Å². The van der Waals surface area contributed by atoms with E-state index in [1.165, 1.54) is 10.8 Å². The predicted molar refractivity (Wildman–Crippen MR) is 29.3 cm³/mol. The summed E-state index contributed by atoms with van der Waals surface area (Å²) in [5.74, 6) is 0.285. The fourth-order valence-corrected chi connectivity index (χ4v) is 0.464. The molecule has 5 heteroatoms. The maximum absolute atomic E-state index is 8.62. The largest absolute Gasteiger partial charge is 0.492 e. The summed E-state index contributed by atoms with van der Waals surface area (Å²) in [7, 11) is 1.71. The molecule has 0 saturated heterocycles. The molecular formula is C4H7CuN3O. The number of nitrogens with two attached hydrogens (primary N) is 1. The van der Waals surface area contributed by atoms with Crippen LogP contribution in [0, 0.1) is 0 Å². The van der Waals surface area contributed by atoms with Crippen LogP contribution in [0.5, 0.6) is 5.88 Å². The molecule has 1 radical (unpaired) electrons. The van der Waals surface area contributed by atoms with Gasteiger partial charge in [0.05, 0.1) is 6.20 Å². The van der Waals surface area contributed by atoms with E-state index in [2.05, 4.69) is 4.98 Å². The number of nitrogens with zero attached hydrogens (tertiary/aromatic N) is 2. The number of nitrogen functional groups attached to an aromatic ring is 1. The van der Waals surface area contributed by atoms with Crippen molar-refractivity contribution in [1.82, 2.24) is 9.55 Å². The van der Waals surface area contributed by atoms with Crippen LogP contribution in [0.15, 0.2) is 6.20 Å². The molecule has 0 atom stereocenters. The van der Waals surface area contributed by atoms with E-state index >= 15 is 0 Å². The van der Waals surface area contributed by atoms with E-state index < -0.39 is 0 Å². The van der Waals surface area contributed by atoms with Gasteiger partial charge in [0, 0.05) is 24.1 Å². The third-order valence-electron chi connectivity index (χ3n) is 0.900. The van der Waals surface area contributed by atoms with Gasteiger partial charge in [-0.1, -0.05) is 0 Å². The molecule has 1 aromatic rings. The molecule has 0 spiro atoms. The van der Waals surface area contributed by atoms with Gasteiger partial charge in [0.15, 0.2) is 0 Å². The maximum Gasteiger partial charge on any atom is 0.230 e. The topological polar surface area (TPSA) is 64.1 Å². The average molecular weight is 177 g/mol. The second-order valence-electron chi connectivity index (χ2n) is 1.57. The Morgan fingerprint density at radius 2 is 2.33 bits per heavy atom. The average Bonchev–Trinajstić information content (AvgIpc) is 1.85. The number of aromatic hydroxyl groups is 1. The van der Waals surface area contributed by atoms with E-state index in [1.807, 2.05) is 0 Å². The van der Waals surface area contributed by atoms with Crippen molar-refractivity contribution in [2.75, 3.05) is 5.73 Å². The Balaban J connectivity index is 0.000000640. The van der Waals surface area contributed by atoms with E-state index in [1.54, 1.807) is 7.05 Å². The second kappa shape index (κ2) is 2.75. The van der Waals surface area contributed by atoms with E-state index in [0.29, 0.717) is 5.95 Å². The van der Waals surface area contributed by atoms with Crippen molar-refractivity contribution >= 4 is 5.95 Å². The molecule has 0 fully saturated rings. The van der Waals surface area contributed by atoms with Crippen molar-refractivity contribution in [2.45, 2.75) is 0 Å². The Hall–Kier alpha value is -0.671. The van der Waals surface area contributed by atoms with Crippen molar-refractivity contribution in [3.8, 4) is 5.88 Å². The van der Waals surface area contributed by atoms with E-state index in [0.717, 1.165) is 0 Å². The molecule has 3 N–H and O–H groups in total. The van der Waals surface area contributed by atoms with Gasteiger partial charge >= 0.3 is 0 Å². The molecule has 9 heavy (non-hydrogen) atoms. The minimum absolute atomic E-state index is 0. The molecule has 1 aromatic heterocycles. The third-order valence-corrected chi connectivity index (χ3v) is 0.900. The van der Waals surface area contributed by atoms with Crippen molar-refractivity contribution < 1.29 is 22.2 Å². The molecule has 55 valence electrons. The van der Waals surface area contributed by atoms with Gasteiger partial charge < -0.3 is 15.4 Å². The van der Waals surface area contributed by atoms with Crippen LogP contribution in [-0.4, -0.2) is 14.7 Å². The fourth-order valence-electron chi connectivity index (χ4n) is 0.464. The summed E-state index contributed by atoms with van der Waals surface area (Å²) >= 11 is 0. The maximum atomic E-state index is 8.62. The summed E-state index contributed by atoms with van der Waals surface area (Å²) in [6, 6.07) is 0. The molecular weight excluding hydrogens is 170 g/mol. The molecule has 1 rings (SSSR count). The van der Waals surface area contributed by atoms with Crippen LogP contribution < -0.4 is 5.73 Å². The first-order valence-corrected chi connectivity index (χ1v) is 2.18. The van der Waals surface area contributed by atoms with Crippen LogP contribution >= 0.6 is 0 Å². The Bertz CT molecular complexity index is 178. The van der Waals surface area contributed by atoms with Crippen LogP contribution in [0.2, 0.25) is 0 Å². The minimum Gasteiger partial charge on any atom is -0.492 e. The van der Waals surface area contributed by atoms with Crippen LogP contribution in [-0.2, 0) is 24.1 Å². The van der Waals surface area contributed by atoms with Crippen LogP contribution in [0.3, 0.4) is 0 Å². The monoisotopic (exact) mass is 176 g/mol. The smallest absolute Gasteiger partial charge is 0.230 e. The number of aryl methyl sites for hydroxylation is 1. The Labute approximate surface area is 63.2 Å². The van der Waals surface area contributed by atoms with E-state index in [9.17, 15) is 0 Å². The molecule has 0 aliphatic heterocycles. The third kappa shape index (κ3) is 1.62. The first-order valence-electron chi connectivity index (χ1n) is 2.18. The first kappa shape index (κ1) is 8.33. The van der Waals surface area contributed by atoms with Crippen molar-refractivity contribution in [1.29, 1.82) is 0 Å². The molecule has 0 aromatic carbocycles. The van der Waals surface area contributed by atoms with Crippen molar-refractivity contribution in [2.24, 2.45) is 7.05 Å². The molecule has 4 nitrogen and oxygen atoms in total. The summed E-state index contributed by atoms with van der Waals surface area (Å²) in [4.78, 5) is 3.51. The minimum atomic E-state index is -0.0370. The van der Waals surface area contributed by atoms with Gasteiger partial charge in [-0.3, -0.25) is 0 Å². The number of hydrogen-bond acceptors (Lipinski definition) is 3. The van der Waals surface area contributed by atoms with Crippen LogP contribution in [0.4, 0.5) is 5.95 Å². The standard InChI is InChI=1S/C4H7N3O.Cu/c1-7-2-3(8)6-4(7)5;/h2,8H,1H3,(H2,5,6);. The number of imidazole rings is 1. The van der Waals surface area contributed by atoms with Gasteiger partial charge in [-0.25, -0.2) is 0 Å². The van der Waals surface area contributed by atoms with Crippen molar-refractivity contribution in [3.63, 3.8) is 0 Å². The molecule has 0 aliphatic carbocycles. The summed E-state index contributed by atoms with van der Waals surface area (Å²) in [5, 5.41) is 8.62. The summed E-state index contributed by atoms with van der Waals surface area (Å²) < 4.78 is 1.54. The normalized spacial score (nSPS) is 8.56. The zero-order valence-electron chi connectivity index (χ0n) is 4.80. The predicted octanol–water partition coefficient (Wildman–Crippen LogP) is -0.295. The molecule has 0 saturated carbocycles. The van der Waals surface area contributed by atoms with Gasteiger partial charge in [0.25, 0.3) is 0 Å². The molecule has 0 aliphatic rings. The number of rotatable bonds is 0. The first-order chi connectivity index (χ1) is 3.70. The quantitative estimate of drug-likeness (QED) is 0.534. The van der Waals surface area contributed by atoms with Gasteiger partial charge in [-0.15, -0.1) is 0 Å². The Morgan fingerprint density at radius 1 is 1.78 bits per heavy atom. The van der Waals surface area contributed by atoms with Gasteiger partial charge in [-0.05, 0) is 0 Å². The molecule has 0 bridgehead atoms. The van der Waals surface area contributed by atoms with Crippen LogP contribution in [0.1, 0.15) is 0 Å². The number of aromatic nitrogens is 2. The Morgan fingerprint density at radius 3 is 2.44 bits per heavy atom. The SMILES string of the molecule is Cn1cc(O)nc1N.[Cu]. The zero-order valence-corrected chi connectivity index (χ0v) is 5.74. The fraction of sp³-hybridized carbons (Fsp3) is 0.250. The molecule has 1 heterocycles. The zero-order chi connectivity index (χ0) is 6.15. The van der Waals surface area contributed by atoms with Crippen LogP contribution in [0.25, 0.3) is 0 Å².